The second-order valence-corrected chi connectivity index (χ2v) is 4.82. The second-order valence-electron chi connectivity index (χ2n) is 4.82. The van der Waals surface area contributed by atoms with Crippen molar-refractivity contribution in [1.82, 2.24) is 0 Å². The fourth-order valence-electron chi connectivity index (χ4n) is 2.03. The molecule has 2 aromatic rings. The molecule has 0 aliphatic heterocycles. The van der Waals surface area contributed by atoms with E-state index < -0.39 is 0 Å². The first kappa shape index (κ1) is 17.5. The quantitative estimate of drug-likeness (QED) is 0.823. The van der Waals surface area contributed by atoms with Crippen molar-refractivity contribution in [3.8, 4) is 5.75 Å². The van der Waals surface area contributed by atoms with Gasteiger partial charge < -0.3 is 15.6 Å². The van der Waals surface area contributed by atoms with Gasteiger partial charge in [0, 0.05) is 12.6 Å². The van der Waals surface area contributed by atoms with Crippen LogP contribution in [0.5, 0.6) is 5.75 Å². The third kappa shape index (κ3) is 5.76. The third-order valence-corrected chi connectivity index (χ3v) is 3.23. The Morgan fingerprint density at radius 1 is 1.00 bits per heavy atom. The van der Waals surface area contributed by atoms with Gasteiger partial charge in [-0.05, 0) is 36.1 Å². The lowest BCUT2D eigenvalue weighted by atomic mass is 10.0. The van der Waals surface area contributed by atoms with Crippen LogP contribution < -0.4 is 10.5 Å². The number of aliphatic hydroxyl groups is 1. The van der Waals surface area contributed by atoms with Gasteiger partial charge in [-0.1, -0.05) is 42.5 Å². The molecule has 0 amide bonds. The van der Waals surface area contributed by atoms with Gasteiger partial charge in [0.15, 0.2) is 0 Å². The molecule has 0 saturated heterocycles. The van der Waals surface area contributed by atoms with E-state index in [1.807, 2.05) is 54.6 Å². The van der Waals surface area contributed by atoms with Crippen molar-refractivity contribution in [3.63, 3.8) is 0 Å². The Morgan fingerprint density at radius 3 is 2.29 bits per heavy atom. The normalized spacial score (nSPS) is 11.5. The molecule has 4 heteroatoms. The maximum absolute atomic E-state index is 8.81. The van der Waals surface area contributed by atoms with E-state index in [4.69, 9.17) is 15.6 Å². The van der Waals surface area contributed by atoms with E-state index in [9.17, 15) is 0 Å². The molecule has 0 saturated carbocycles. The minimum Gasteiger partial charge on any atom is -0.489 e. The van der Waals surface area contributed by atoms with Gasteiger partial charge in [0.25, 0.3) is 0 Å². The summed E-state index contributed by atoms with van der Waals surface area (Å²) in [4.78, 5) is 0. The van der Waals surface area contributed by atoms with Crippen molar-refractivity contribution in [3.05, 3.63) is 65.7 Å². The van der Waals surface area contributed by atoms with Crippen molar-refractivity contribution in [2.24, 2.45) is 5.73 Å². The van der Waals surface area contributed by atoms with Gasteiger partial charge in [-0.25, -0.2) is 0 Å². The van der Waals surface area contributed by atoms with Crippen molar-refractivity contribution in [1.29, 1.82) is 0 Å². The second kappa shape index (κ2) is 9.40. The van der Waals surface area contributed by atoms with Crippen LogP contribution in [0.2, 0.25) is 0 Å². The van der Waals surface area contributed by atoms with Crippen molar-refractivity contribution >= 4 is 12.4 Å². The first-order valence-corrected chi connectivity index (χ1v) is 6.92. The van der Waals surface area contributed by atoms with E-state index >= 15 is 0 Å². The van der Waals surface area contributed by atoms with Gasteiger partial charge in [-0.15, -0.1) is 12.4 Å². The SMILES string of the molecule is Cl.N[C@@H](CCCO)c1ccc(OCc2ccccc2)cc1. The van der Waals surface area contributed by atoms with Crippen LogP contribution >= 0.6 is 12.4 Å². The topological polar surface area (TPSA) is 55.5 Å². The molecule has 0 spiro atoms. The van der Waals surface area contributed by atoms with Crippen LogP contribution in [0.3, 0.4) is 0 Å². The molecule has 0 aliphatic carbocycles. The molecule has 3 N–H and O–H groups in total. The first-order valence-electron chi connectivity index (χ1n) is 6.92. The summed E-state index contributed by atoms with van der Waals surface area (Å²) in [5, 5.41) is 8.81. The molecular formula is C17H22ClNO2. The zero-order chi connectivity index (χ0) is 14.2. The lowest BCUT2D eigenvalue weighted by Gasteiger charge is -2.12. The number of halogens is 1. The molecule has 2 rings (SSSR count). The van der Waals surface area contributed by atoms with E-state index in [0.717, 1.165) is 29.7 Å². The van der Waals surface area contributed by atoms with Gasteiger partial charge in [-0.2, -0.15) is 0 Å². The Morgan fingerprint density at radius 2 is 1.67 bits per heavy atom. The van der Waals surface area contributed by atoms with Crippen LogP contribution in [-0.4, -0.2) is 11.7 Å². The van der Waals surface area contributed by atoms with E-state index in [1.54, 1.807) is 0 Å². The molecule has 0 radical (unpaired) electrons. The third-order valence-electron chi connectivity index (χ3n) is 3.23. The summed E-state index contributed by atoms with van der Waals surface area (Å²) >= 11 is 0. The number of rotatable bonds is 7. The predicted octanol–water partition coefficient (Wildman–Crippen LogP) is 3.46. The summed E-state index contributed by atoms with van der Waals surface area (Å²) in [6, 6.07) is 17.9. The van der Waals surface area contributed by atoms with E-state index in [1.165, 1.54) is 0 Å². The van der Waals surface area contributed by atoms with Crippen LogP contribution in [0.1, 0.15) is 30.0 Å². The molecule has 114 valence electrons. The summed E-state index contributed by atoms with van der Waals surface area (Å²) in [6.07, 6.45) is 1.52. The zero-order valence-corrected chi connectivity index (χ0v) is 12.8. The molecule has 1 atom stereocenters. The summed E-state index contributed by atoms with van der Waals surface area (Å²) in [7, 11) is 0. The molecule has 0 heterocycles. The maximum Gasteiger partial charge on any atom is 0.119 e. The highest BCUT2D eigenvalue weighted by Crippen LogP contribution is 2.20. The van der Waals surface area contributed by atoms with Gasteiger partial charge in [0.1, 0.15) is 12.4 Å². The summed E-state index contributed by atoms with van der Waals surface area (Å²) < 4.78 is 5.73. The van der Waals surface area contributed by atoms with Crippen molar-refractivity contribution in [2.45, 2.75) is 25.5 Å². The van der Waals surface area contributed by atoms with Crippen LogP contribution in [0.15, 0.2) is 54.6 Å². The number of aliphatic hydroxyl groups excluding tert-OH is 1. The molecule has 0 aromatic heterocycles. The summed E-state index contributed by atoms with van der Waals surface area (Å²) in [5.74, 6) is 0.840. The average molecular weight is 308 g/mol. The van der Waals surface area contributed by atoms with Crippen LogP contribution in [-0.2, 0) is 6.61 Å². The molecule has 0 fully saturated rings. The molecule has 0 aliphatic rings. The number of hydrogen-bond acceptors (Lipinski definition) is 3. The molecule has 2 aromatic carbocycles. The highest BCUT2D eigenvalue weighted by atomic mass is 35.5. The fraction of sp³-hybridized carbons (Fsp3) is 0.294. The average Bonchev–Trinajstić information content (AvgIpc) is 2.52. The fourth-order valence-corrected chi connectivity index (χ4v) is 2.03. The van der Waals surface area contributed by atoms with Gasteiger partial charge in [0.05, 0.1) is 0 Å². The molecule has 0 unspecified atom stereocenters. The smallest absolute Gasteiger partial charge is 0.119 e. The molecule has 0 bridgehead atoms. The standard InChI is InChI=1S/C17H21NO2.ClH/c18-17(7-4-12-19)15-8-10-16(11-9-15)20-13-14-5-2-1-3-6-14;/h1-3,5-6,8-11,17,19H,4,7,12-13,18H2;1H/t17-;/m0./s1. The molecule has 21 heavy (non-hydrogen) atoms. The summed E-state index contributed by atoms with van der Waals surface area (Å²) in [6.45, 7) is 0.753. The number of hydrogen-bond donors (Lipinski definition) is 2. The Hall–Kier alpha value is -1.55. The minimum absolute atomic E-state index is 0. The zero-order valence-electron chi connectivity index (χ0n) is 11.9. The van der Waals surface area contributed by atoms with Crippen molar-refractivity contribution < 1.29 is 9.84 Å². The highest BCUT2D eigenvalue weighted by molar-refractivity contribution is 5.85. The van der Waals surface area contributed by atoms with Crippen LogP contribution in [0.4, 0.5) is 0 Å². The lowest BCUT2D eigenvalue weighted by molar-refractivity contribution is 0.280. The predicted molar refractivity (Wildman–Crippen MR) is 87.7 cm³/mol. The summed E-state index contributed by atoms with van der Waals surface area (Å²) in [5.41, 5.74) is 8.27. The number of benzene rings is 2. The van der Waals surface area contributed by atoms with Crippen LogP contribution in [0, 0.1) is 0 Å². The van der Waals surface area contributed by atoms with E-state index in [0.29, 0.717) is 6.61 Å². The van der Waals surface area contributed by atoms with Crippen LogP contribution in [0.25, 0.3) is 0 Å². The van der Waals surface area contributed by atoms with E-state index in [2.05, 4.69) is 0 Å². The first-order chi connectivity index (χ1) is 9.79. The van der Waals surface area contributed by atoms with Gasteiger partial charge >= 0.3 is 0 Å². The number of nitrogens with two attached hydrogens (primary N) is 1. The maximum atomic E-state index is 8.81. The monoisotopic (exact) mass is 307 g/mol. The lowest BCUT2D eigenvalue weighted by Crippen LogP contribution is -2.10. The van der Waals surface area contributed by atoms with Gasteiger partial charge in [-0.3, -0.25) is 0 Å². The van der Waals surface area contributed by atoms with Crippen molar-refractivity contribution in [2.75, 3.05) is 6.61 Å². The van der Waals surface area contributed by atoms with E-state index in [-0.39, 0.29) is 25.1 Å². The largest absolute Gasteiger partial charge is 0.489 e. The highest BCUT2D eigenvalue weighted by Gasteiger charge is 2.05. The molecule has 3 nitrogen and oxygen atoms in total. The Bertz CT molecular complexity index is 502. The Balaban J connectivity index is 0.00000220. The minimum atomic E-state index is -0.0228. The number of ether oxygens (including phenoxy) is 1. The Kier molecular flexibility index (Phi) is 7.83. The Labute approximate surface area is 132 Å². The molecular weight excluding hydrogens is 286 g/mol. The van der Waals surface area contributed by atoms with Gasteiger partial charge in [0.2, 0.25) is 0 Å².